The van der Waals surface area contributed by atoms with E-state index >= 15 is 0 Å². The number of carbonyl (C=O) groups is 1. The van der Waals surface area contributed by atoms with Gasteiger partial charge in [0.1, 0.15) is 0 Å². The Hall–Kier alpha value is -0.330. The first kappa shape index (κ1) is 11.7. The summed E-state index contributed by atoms with van der Waals surface area (Å²) >= 11 is 7.81. The quantitative estimate of drug-likeness (QED) is 0.685. The van der Waals surface area contributed by atoms with Crippen LogP contribution in [0.15, 0.2) is 18.2 Å². The average Bonchev–Trinajstić information content (AvgIpc) is 2.14. The Bertz CT molecular complexity index is 344. The molecule has 5 heteroatoms. The van der Waals surface area contributed by atoms with Crippen LogP contribution in [-0.2, 0) is 4.84 Å². The Morgan fingerprint density at radius 2 is 2.36 bits per heavy atom. The molecule has 0 unspecified atom stereocenters. The fraction of sp³-hybridized carbons (Fsp3) is 0.222. The van der Waals surface area contributed by atoms with Crippen LogP contribution < -0.4 is 5.48 Å². The van der Waals surface area contributed by atoms with Gasteiger partial charge in [-0.2, -0.15) is 0 Å². The van der Waals surface area contributed by atoms with E-state index < -0.39 is 0 Å². The molecule has 0 aliphatic carbocycles. The van der Waals surface area contributed by atoms with Gasteiger partial charge in [-0.3, -0.25) is 9.63 Å². The highest BCUT2D eigenvalue weighted by molar-refractivity contribution is 14.1. The van der Waals surface area contributed by atoms with Gasteiger partial charge in [-0.05, 0) is 47.7 Å². The van der Waals surface area contributed by atoms with Crippen molar-refractivity contribution in [3.8, 4) is 0 Å². The van der Waals surface area contributed by atoms with E-state index in [0.717, 1.165) is 3.57 Å². The monoisotopic (exact) mass is 325 g/mol. The topological polar surface area (TPSA) is 38.3 Å². The fourth-order valence-electron chi connectivity index (χ4n) is 0.866. The van der Waals surface area contributed by atoms with E-state index in [4.69, 9.17) is 16.4 Å². The third-order valence-electron chi connectivity index (χ3n) is 1.48. The SMILES string of the molecule is CCONC(=O)c1ccc(Cl)cc1I. The van der Waals surface area contributed by atoms with Gasteiger partial charge in [0.05, 0.1) is 12.2 Å². The first-order valence-electron chi connectivity index (χ1n) is 4.02. The number of carbonyl (C=O) groups excluding carboxylic acids is 1. The third-order valence-corrected chi connectivity index (χ3v) is 2.61. The van der Waals surface area contributed by atoms with Gasteiger partial charge >= 0.3 is 0 Å². The van der Waals surface area contributed by atoms with Gasteiger partial charge in [0.2, 0.25) is 0 Å². The van der Waals surface area contributed by atoms with Crippen molar-refractivity contribution in [1.29, 1.82) is 0 Å². The minimum absolute atomic E-state index is 0.257. The van der Waals surface area contributed by atoms with Crippen LogP contribution in [0.5, 0.6) is 0 Å². The molecule has 3 nitrogen and oxygen atoms in total. The van der Waals surface area contributed by atoms with Crippen molar-refractivity contribution < 1.29 is 9.63 Å². The van der Waals surface area contributed by atoms with Crippen LogP contribution in [-0.4, -0.2) is 12.5 Å². The van der Waals surface area contributed by atoms with Crippen molar-refractivity contribution >= 4 is 40.1 Å². The van der Waals surface area contributed by atoms with Crippen molar-refractivity contribution in [2.75, 3.05) is 6.61 Å². The van der Waals surface area contributed by atoms with E-state index in [9.17, 15) is 4.79 Å². The Labute approximate surface area is 101 Å². The maximum absolute atomic E-state index is 11.5. The van der Waals surface area contributed by atoms with Crippen molar-refractivity contribution in [3.63, 3.8) is 0 Å². The summed E-state index contributed by atoms with van der Waals surface area (Å²) in [4.78, 5) is 16.3. The fourth-order valence-corrected chi connectivity index (χ4v) is 1.98. The molecule has 1 aromatic rings. The maximum atomic E-state index is 11.5. The molecule has 0 fully saturated rings. The van der Waals surface area contributed by atoms with Crippen molar-refractivity contribution in [1.82, 2.24) is 5.48 Å². The second-order valence-electron chi connectivity index (χ2n) is 2.49. The summed E-state index contributed by atoms with van der Waals surface area (Å²) in [5, 5.41) is 0.613. The van der Waals surface area contributed by atoms with E-state index in [1.165, 1.54) is 0 Å². The second-order valence-corrected chi connectivity index (χ2v) is 4.09. The molecular formula is C9H9ClINO2. The molecule has 14 heavy (non-hydrogen) atoms. The summed E-state index contributed by atoms with van der Waals surface area (Å²) in [7, 11) is 0. The molecule has 0 aromatic heterocycles. The van der Waals surface area contributed by atoms with Crippen LogP contribution >= 0.6 is 34.2 Å². The number of nitrogens with one attached hydrogen (secondary N) is 1. The first-order chi connectivity index (χ1) is 6.65. The van der Waals surface area contributed by atoms with Crippen molar-refractivity contribution in [2.45, 2.75) is 6.92 Å². The number of rotatable bonds is 3. The van der Waals surface area contributed by atoms with Crippen LogP contribution in [0, 0.1) is 3.57 Å². The molecule has 1 aromatic carbocycles. The molecule has 0 bridgehead atoms. The largest absolute Gasteiger partial charge is 0.275 e. The number of halogens is 2. The third kappa shape index (κ3) is 3.11. The maximum Gasteiger partial charge on any atom is 0.275 e. The highest BCUT2D eigenvalue weighted by Gasteiger charge is 2.09. The summed E-state index contributed by atoms with van der Waals surface area (Å²) in [6, 6.07) is 5.06. The molecule has 1 rings (SSSR count). The predicted molar refractivity (Wildman–Crippen MR) is 63.3 cm³/mol. The van der Waals surface area contributed by atoms with Crippen LogP contribution in [0.3, 0.4) is 0 Å². The Kier molecular flexibility index (Phi) is 4.64. The van der Waals surface area contributed by atoms with Gasteiger partial charge in [0.25, 0.3) is 5.91 Å². The van der Waals surface area contributed by atoms with Crippen LogP contribution in [0.4, 0.5) is 0 Å². The molecule has 0 saturated carbocycles. The predicted octanol–water partition coefficient (Wildman–Crippen LogP) is 2.63. The number of amides is 1. The summed E-state index contributed by atoms with van der Waals surface area (Å²) in [5.41, 5.74) is 2.88. The highest BCUT2D eigenvalue weighted by atomic mass is 127. The summed E-state index contributed by atoms with van der Waals surface area (Å²) in [6.07, 6.45) is 0. The van der Waals surface area contributed by atoms with Gasteiger partial charge in [-0.15, -0.1) is 0 Å². The number of hydrogen-bond acceptors (Lipinski definition) is 2. The Morgan fingerprint density at radius 3 is 2.93 bits per heavy atom. The molecule has 0 atom stereocenters. The molecule has 0 saturated heterocycles. The molecule has 0 radical (unpaired) electrons. The molecule has 0 heterocycles. The Balaban J connectivity index is 2.80. The number of hydrogen-bond donors (Lipinski definition) is 1. The molecule has 1 N–H and O–H groups in total. The summed E-state index contributed by atoms with van der Waals surface area (Å²) in [5.74, 6) is -0.257. The van der Waals surface area contributed by atoms with Crippen LogP contribution in [0.25, 0.3) is 0 Å². The lowest BCUT2D eigenvalue weighted by Gasteiger charge is -2.05. The smallest absolute Gasteiger partial charge is 0.274 e. The lowest BCUT2D eigenvalue weighted by atomic mass is 10.2. The zero-order valence-corrected chi connectivity index (χ0v) is 10.4. The molecule has 1 amide bonds. The van der Waals surface area contributed by atoms with Crippen molar-refractivity contribution in [2.24, 2.45) is 0 Å². The zero-order chi connectivity index (χ0) is 10.6. The van der Waals surface area contributed by atoms with Gasteiger partial charge < -0.3 is 0 Å². The average molecular weight is 326 g/mol. The minimum Gasteiger partial charge on any atom is -0.274 e. The first-order valence-corrected chi connectivity index (χ1v) is 5.48. The molecule has 0 spiro atoms. The summed E-state index contributed by atoms with van der Waals surface area (Å²) < 4.78 is 0.798. The second kappa shape index (κ2) is 5.53. The Morgan fingerprint density at radius 1 is 1.64 bits per heavy atom. The lowest BCUT2D eigenvalue weighted by molar-refractivity contribution is 0.0363. The molecule has 76 valence electrons. The van der Waals surface area contributed by atoms with E-state index in [-0.39, 0.29) is 5.91 Å². The molecular weight excluding hydrogens is 316 g/mol. The normalized spacial score (nSPS) is 9.93. The van der Waals surface area contributed by atoms with Crippen LogP contribution in [0.1, 0.15) is 17.3 Å². The van der Waals surface area contributed by atoms with E-state index in [0.29, 0.717) is 17.2 Å². The minimum atomic E-state index is -0.257. The lowest BCUT2D eigenvalue weighted by Crippen LogP contribution is -2.24. The molecule has 0 aliphatic heterocycles. The summed E-state index contributed by atoms with van der Waals surface area (Å²) in [6.45, 7) is 2.24. The zero-order valence-electron chi connectivity index (χ0n) is 7.51. The van der Waals surface area contributed by atoms with Gasteiger partial charge in [0.15, 0.2) is 0 Å². The number of benzene rings is 1. The standard InChI is InChI=1S/C9H9ClINO2/c1-2-14-12-9(13)7-4-3-6(10)5-8(7)11/h3-5H,2H2,1H3,(H,12,13). The van der Waals surface area contributed by atoms with E-state index in [2.05, 4.69) is 28.1 Å². The van der Waals surface area contributed by atoms with Gasteiger partial charge in [-0.1, -0.05) is 11.6 Å². The highest BCUT2D eigenvalue weighted by Crippen LogP contribution is 2.17. The van der Waals surface area contributed by atoms with E-state index in [1.807, 2.05) is 0 Å². The number of hydroxylamine groups is 1. The van der Waals surface area contributed by atoms with Crippen molar-refractivity contribution in [3.05, 3.63) is 32.4 Å². The van der Waals surface area contributed by atoms with Gasteiger partial charge in [-0.25, -0.2) is 5.48 Å². The van der Waals surface area contributed by atoms with E-state index in [1.54, 1.807) is 25.1 Å². The van der Waals surface area contributed by atoms with Gasteiger partial charge in [0, 0.05) is 8.59 Å². The van der Waals surface area contributed by atoms with Crippen LogP contribution in [0.2, 0.25) is 5.02 Å². The molecule has 0 aliphatic rings.